The van der Waals surface area contributed by atoms with E-state index in [1.54, 1.807) is 0 Å². The van der Waals surface area contributed by atoms with Crippen LogP contribution < -0.4 is 10.6 Å². The highest BCUT2D eigenvalue weighted by Crippen LogP contribution is 2.58. The van der Waals surface area contributed by atoms with Crippen LogP contribution in [0.4, 0.5) is 5.69 Å². The van der Waals surface area contributed by atoms with Gasteiger partial charge >= 0.3 is 0 Å². The monoisotopic (exact) mass is 356 g/mol. The molecule has 1 saturated carbocycles. The maximum atomic E-state index is 12.9. The number of quaternary nitrogens is 1. The van der Waals surface area contributed by atoms with Crippen molar-refractivity contribution < 1.29 is 10.1 Å². The number of carbonyl (C=O) groups excluding carboxylic acids is 1. The number of rotatable bonds is 2. The van der Waals surface area contributed by atoms with E-state index in [1.165, 1.54) is 11.1 Å². The molecule has 0 bridgehead atoms. The van der Waals surface area contributed by atoms with Gasteiger partial charge in [-0.05, 0) is 36.3 Å². The van der Waals surface area contributed by atoms with Gasteiger partial charge in [0, 0.05) is 22.2 Å². The molecule has 132 valence electrons. The third kappa shape index (κ3) is 1.94. The number of anilines is 1. The van der Waals surface area contributed by atoms with Gasteiger partial charge in [-0.3, -0.25) is 4.79 Å². The molecule has 1 amide bonds. The molecule has 3 nitrogen and oxygen atoms in total. The van der Waals surface area contributed by atoms with Gasteiger partial charge in [-0.2, -0.15) is 7.05 Å². The second-order valence-corrected chi connectivity index (χ2v) is 8.80. The third-order valence-corrected chi connectivity index (χ3v) is 7.47. The summed E-state index contributed by atoms with van der Waals surface area (Å²) in [5.41, 5.74) is 4.87. The number of nitrogens with one attached hydrogen (secondary N) is 1. The van der Waals surface area contributed by atoms with Gasteiger partial charge in [0.1, 0.15) is 0 Å². The normalized spacial score (nSPS) is 35.1. The molecule has 0 aromatic heterocycles. The molecule has 25 heavy (non-hydrogen) atoms. The van der Waals surface area contributed by atoms with Crippen LogP contribution in [0.25, 0.3) is 5.57 Å². The first-order valence-corrected chi connectivity index (χ1v) is 9.30. The lowest BCUT2D eigenvalue weighted by Crippen LogP contribution is -2.90. The van der Waals surface area contributed by atoms with Crippen LogP contribution in [0.3, 0.4) is 0 Å². The first-order valence-electron chi connectivity index (χ1n) is 8.86. The van der Waals surface area contributed by atoms with Gasteiger partial charge in [0.25, 0.3) is 5.91 Å². The number of benzene rings is 1. The van der Waals surface area contributed by atoms with Gasteiger partial charge in [0.15, 0.2) is 0 Å². The van der Waals surface area contributed by atoms with Crippen molar-refractivity contribution in [1.29, 1.82) is 0 Å². The summed E-state index contributed by atoms with van der Waals surface area (Å²) in [6, 6.07) is 6.18. The smallest absolute Gasteiger partial charge is 0.256 e. The van der Waals surface area contributed by atoms with Crippen molar-refractivity contribution >= 4 is 28.8 Å². The van der Waals surface area contributed by atoms with Crippen LogP contribution in [-0.4, -0.2) is 17.3 Å². The Morgan fingerprint density at radius 3 is 2.76 bits per heavy atom. The molecule has 4 atom stereocenters. The van der Waals surface area contributed by atoms with Crippen LogP contribution in [-0.2, 0) is 10.2 Å². The summed E-state index contributed by atoms with van der Waals surface area (Å²) < 4.78 is 0. The third-order valence-electron chi connectivity index (χ3n) is 6.82. The van der Waals surface area contributed by atoms with E-state index >= 15 is 0 Å². The lowest BCUT2D eigenvalue weighted by atomic mass is 9.53. The molecule has 0 radical (unpaired) electrons. The molecule has 0 saturated heterocycles. The number of hydrogen-bond donors (Lipinski definition) is 2. The van der Waals surface area contributed by atoms with E-state index in [2.05, 4.69) is 45.8 Å². The average molecular weight is 357 g/mol. The van der Waals surface area contributed by atoms with Gasteiger partial charge in [-0.25, -0.2) is 0 Å². The number of alkyl halides is 1. The van der Waals surface area contributed by atoms with E-state index in [9.17, 15) is 4.79 Å². The zero-order valence-electron chi connectivity index (χ0n) is 15.0. The molecule has 0 unspecified atom stereocenters. The van der Waals surface area contributed by atoms with E-state index in [0.717, 1.165) is 23.2 Å². The minimum absolute atomic E-state index is 0.00392. The topological polar surface area (TPSA) is 45.7 Å². The van der Waals surface area contributed by atoms with E-state index in [1.807, 2.05) is 23.5 Å². The number of carbonyl (C=O) groups is 1. The molecule has 4 rings (SSSR count). The van der Waals surface area contributed by atoms with Crippen molar-refractivity contribution in [3.05, 3.63) is 54.6 Å². The summed E-state index contributed by atoms with van der Waals surface area (Å²) in [6.07, 6.45) is 2.78. The van der Waals surface area contributed by atoms with Crippen molar-refractivity contribution in [2.45, 2.75) is 44.0 Å². The molecule has 3 aliphatic rings. The number of halogens is 1. The van der Waals surface area contributed by atoms with Gasteiger partial charge < -0.3 is 10.6 Å². The number of nitrogens with two attached hydrogens (primary N) is 1. The Morgan fingerprint density at radius 1 is 1.40 bits per heavy atom. The molecule has 2 aliphatic carbocycles. The summed E-state index contributed by atoms with van der Waals surface area (Å²) >= 11 is 6.87. The fraction of sp³-hybridized carbons (Fsp3) is 0.429. The summed E-state index contributed by atoms with van der Waals surface area (Å²) in [6.45, 7) is 10.7. The van der Waals surface area contributed by atoms with Crippen molar-refractivity contribution in [3.63, 3.8) is 0 Å². The van der Waals surface area contributed by atoms with Crippen molar-refractivity contribution in [3.8, 4) is 0 Å². The van der Waals surface area contributed by atoms with Crippen LogP contribution in [0.5, 0.6) is 0 Å². The van der Waals surface area contributed by atoms with E-state index in [0.29, 0.717) is 0 Å². The molecule has 0 spiro atoms. The summed E-state index contributed by atoms with van der Waals surface area (Å²) in [5, 5.41) is 4.97. The van der Waals surface area contributed by atoms with Gasteiger partial charge in [-0.1, -0.05) is 32.1 Å². The molecule has 4 heteroatoms. The van der Waals surface area contributed by atoms with Crippen molar-refractivity contribution in [2.24, 2.45) is 11.3 Å². The fourth-order valence-electron chi connectivity index (χ4n) is 5.21. The standard InChI is InChI=1S/C21H25ClN2O/c1-6-21(4)14(22)10-12-16(18(21)23-5)17-15-11(20(12,2)3)8-7-9-13(15)24-19(17)25/h6-9,12,14,18H,1,5,10,23H2,2-4H3,(H,24,25)/t12-,14+,18-,21-/m0/s1. The largest absolute Gasteiger partial charge is 0.472 e. The molecule has 1 heterocycles. The predicted molar refractivity (Wildman–Crippen MR) is 102 cm³/mol. The first-order chi connectivity index (χ1) is 11.8. The van der Waals surface area contributed by atoms with Crippen LogP contribution in [0.2, 0.25) is 0 Å². The van der Waals surface area contributed by atoms with Crippen molar-refractivity contribution in [2.75, 3.05) is 5.32 Å². The summed E-state index contributed by atoms with van der Waals surface area (Å²) in [7, 11) is 4.10. The second-order valence-electron chi connectivity index (χ2n) is 8.27. The molecular weight excluding hydrogens is 332 g/mol. The zero-order valence-corrected chi connectivity index (χ0v) is 15.8. The average Bonchev–Trinajstić information content (AvgIpc) is 2.91. The van der Waals surface area contributed by atoms with Gasteiger partial charge in [-0.15, -0.1) is 18.2 Å². The van der Waals surface area contributed by atoms with Crippen molar-refractivity contribution in [1.82, 2.24) is 0 Å². The van der Waals surface area contributed by atoms with E-state index in [-0.39, 0.29) is 34.1 Å². The Kier molecular flexibility index (Phi) is 3.52. The highest BCUT2D eigenvalue weighted by molar-refractivity contribution is 6.33. The molecular formula is C21H25ClN2O. The lowest BCUT2D eigenvalue weighted by molar-refractivity contribution is -0.639. The minimum Gasteiger partial charge on any atom is -0.472 e. The maximum Gasteiger partial charge on any atom is 0.256 e. The quantitative estimate of drug-likeness (QED) is 0.477. The zero-order chi connectivity index (χ0) is 18.1. The van der Waals surface area contributed by atoms with Crippen LogP contribution in [0.15, 0.2) is 36.4 Å². The number of hydrogen-bond acceptors (Lipinski definition) is 1. The maximum absolute atomic E-state index is 12.9. The molecule has 3 N–H and O–H groups in total. The minimum atomic E-state index is -0.312. The summed E-state index contributed by atoms with van der Waals surface area (Å²) in [5.74, 6) is 0.219. The van der Waals surface area contributed by atoms with Crippen LogP contribution in [0.1, 0.15) is 38.3 Å². The highest BCUT2D eigenvalue weighted by Gasteiger charge is 2.57. The Hall–Kier alpha value is -1.58. The predicted octanol–water partition coefficient (Wildman–Crippen LogP) is 3.23. The molecule has 1 fully saturated rings. The Morgan fingerprint density at radius 2 is 2.12 bits per heavy atom. The lowest BCUT2D eigenvalue weighted by Gasteiger charge is -2.53. The molecule has 1 aliphatic heterocycles. The van der Waals surface area contributed by atoms with Crippen LogP contribution >= 0.6 is 11.6 Å². The molecule has 1 aromatic rings. The van der Waals surface area contributed by atoms with Gasteiger partial charge in [0.2, 0.25) is 0 Å². The summed E-state index contributed by atoms with van der Waals surface area (Å²) in [4.78, 5) is 12.9. The fourth-order valence-corrected chi connectivity index (χ4v) is 5.61. The van der Waals surface area contributed by atoms with Gasteiger partial charge in [0.05, 0.1) is 17.0 Å². The van der Waals surface area contributed by atoms with E-state index < -0.39 is 0 Å². The second kappa shape index (κ2) is 5.21. The van der Waals surface area contributed by atoms with E-state index in [4.69, 9.17) is 11.6 Å². The SMILES string of the molecule is C=C[C@@]1(C)[C@H](Cl)C[C@H]2C(=C3C(=O)Nc4cccc(c43)C2(C)C)[C@@H]1[NH2+][CH2-]. The number of amides is 1. The highest BCUT2D eigenvalue weighted by atomic mass is 35.5. The Labute approximate surface area is 154 Å². The Balaban J connectivity index is 2.08. The van der Waals surface area contributed by atoms with Crippen LogP contribution in [0, 0.1) is 18.4 Å². The molecule has 1 aromatic carbocycles. The number of fused-ring (bicyclic) bond motifs is 1. The first kappa shape index (κ1) is 16.9. The Bertz CT molecular complexity index is 825.